The number of benzene rings is 1. The molecule has 2 aromatic rings. The van der Waals surface area contributed by atoms with Crippen LogP contribution in [0.1, 0.15) is 36.0 Å². The summed E-state index contributed by atoms with van der Waals surface area (Å²) in [4.78, 5) is 18.1. The molecule has 0 bridgehead atoms. The molecule has 2 heterocycles. The Bertz CT molecular complexity index is 664. The van der Waals surface area contributed by atoms with Crippen LogP contribution in [-0.4, -0.2) is 41.1 Å². The number of H-pyrrole nitrogens is 1. The molecule has 1 saturated carbocycles. The molecule has 2 aliphatic rings. The average Bonchev–Trinajstić information content (AvgIpc) is 3.11. The number of rotatable bonds is 1. The number of aromatic nitrogens is 1. The van der Waals surface area contributed by atoms with E-state index in [1.54, 1.807) is 0 Å². The molecule has 110 valence electrons. The number of hydrogen-bond donors (Lipinski definition) is 1. The molecule has 1 saturated heterocycles. The first-order valence-electron chi connectivity index (χ1n) is 7.83. The summed E-state index contributed by atoms with van der Waals surface area (Å²) in [7, 11) is 0. The van der Waals surface area contributed by atoms with Crippen molar-refractivity contribution >= 4 is 16.8 Å². The van der Waals surface area contributed by atoms with E-state index in [1.807, 2.05) is 30.5 Å². The molecule has 0 unspecified atom stereocenters. The van der Waals surface area contributed by atoms with Crippen molar-refractivity contribution in [2.24, 2.45) is 0 Å². The van der Waals surface area contributed by atoms with Gasteiger partial charge in [-0.2, -0.15) is 0 Å². The molecule has 2 atom stereocenters. The van der Waals surface area contributed by atoms with Gasteiger partial charge in [-0.3, -0.25) is 4.79 Å². The first-order valence-corrected chi connectivity index (χ1v) is 7.83. The van der Waals surface area contributed by atoms with Gasteiger partial charge in [-0.15, -0.1) is 0 Å². The van der Waals surface area contributed by atoms with Crippen LogP contribution < -0.4 is 0 Å². The normalized spacial score (nSPS) is 25.8. The van der Waals surface area contributed by atoms with Crippen LogP contribution >= 0.6 is 0 Å². The van der Waals surface area contributed by atoms with Gasteiger partial charge >= 0.3 is 0 Å². The van der Waals surface area contributed by atoms with Gasteiger partial charge in [-0.25, -0.2) is 0 Å². The zero-order valence-corrected chi connectivity index (χ0v) is 12.0. The Labute approximate surface area is 124 Å². The molecule has 4 rings (SSSR count). The molecule has 4 heteroatoms. The van der Waals surface area contributed by atoms with Crippen LogP contribution in [-0.2, 0) is 4.74 Å². The van der Waals surface area contributed by atoms with Crippen molar-refractivity contribution in [2.45, 2.75) is 37.8 Å². The maximum absolute atomic E-state index is 12.9. The highest BCUT2D eigenvalue weighted by atomic mass is 16.5. The first-order chi connectivity index (χ1) is 10.3. The van der Waals surface area contributed by atoms with Crippen molar-refractivity contribution in [3.8, 4) is 0 Å². The molecular weight excluding hydrogens is 264 g/mol. The number of carbonyl (C=O) groups excluding carboxylic acids is 1. The van der Waals surface area contributed by atoms with E-state index in [0.29, 0.717) is 0 Å². The molecular formula is C17H20N2O2. The Morgan fingerprint density at radius 2 is 2.19 bits per heavy atom. The minimum Gasteiger partial charge on any atom is -0.376 e. The maximum atomic E-state index is 12.9. The summed E-state index contributed by atoms with van der Waals surface area (Å²) in [6.45, 7) is 1.59. The third-order valence-corrected chi connectivity index (χ3v) is 4.75. The lowest BCUT2D eigenvalue weighted by Gasteiger charge is -2.30. The summed E-state index contributed by atoms with van der Waals surface area (Å²) in [5.41, 5.74) is 1.86. The molecule has 1 amide bonds. The van der Waals surface area contributed by atoms with Crippen molar-refractivity contribution in [1.29, 1.82) is 0 Å². The summed E-state index contributed by atoms with van der Waals surface area (Å²) in [5, 5.41) is 1.09. The molecule has 4 nitrogen and oxygen atoms in total. The van der Waals surface area contributed by atoms with Gasteiger partial charge < -0.3 is 14.6 Å². The summed E-state index contributed by atoms with van der Waals surface area (Å²) in [5.74, 6) is 0.153. The Morgan fingerprint density at radius 3 is 3.14 bits per heavy atom. The molecule has 1 aliphatic carbocycles. The standard InChI is InChI=1S/C17H20N2O2/c20-17(13-5-6-14-12(11-13)7-8-18-14)19-9-2-10-21-16-4-1-3-15(16)19/h5-8,11,15-16,18H,1-4,9-10H2/t15-,16-/m1/s1. The van der Waals surface area contributed by atoms with E-state index in [0.717, 1.165) is 55.3 Å². The summed E-state index contributed by atoms with van der Waals surface area (Å²) in [6, 6.07) is 8.18. The lowest BCUT2D eigenvalue weighted by molar-refractivity contribution is 0.0297. The van der Waals surface area contributed by atoms with Gasteiger partial charge in [0, 0.05) is 35.8 Å². The van der Waals surface area contributed by atoms with Crippen LogP contribution in [0.15, 0.2) is 30.5 Å². The third-order valence-electron chi connectivity index (χ3n) is 4.75. The van der Waals surface area contributed by atoms with Crippen molar-refractivity contribution in [2.75, 3.05) is 13.2 Å². The second-order valence-corrected chi connectivity index (χ2v) is 6.04. The zero-order valence-electron chi connectivity index (χ0n) is 12.0. The lowest BCUT2D eigenvalue weighted by Crippen LogP contribution is -2.43. The molecule has 21 heavy (non-hydrogen) atoms. The fourth-order valence-electron chi connectivity index (χ4n) is 3.70. The minimum atomic E-state index is 0.153. The van der Waals surface area contributed by atoms with Crippen LogP contribution in [0.5, 0.6) is 0 Å². The van der Waals surface area contributed by atoms with E-state index in [9.17, 15) is 4.79 Å². The monoisotopic (exact) mass is 284 g/mol. The van der Waals surface area contributed by atoms with E-state index in [1.165, 1.54) is 0 Å². The van der Waals surface area contributed by atoms with E-state index in [2.05, 4.69) is 9.88 Å². The second-order valence-electron chi connectivity index (χ2n) is 6.04. The van der Waals surface area contributed by atoms with Gasteiger partial charge in [-0.05, 0) is 49.9 Å². The Morgan fingerprint density at radius 1 is 1.24 bits per heavy atom. The van der Waals surface area contributed by atoms with Crippen LogP contribution in [0.25, 0.3) is 10.9 Å². The van der Waals surface area contributed by atoms with Gasteiger partial charge in [0.2, 0.25) is 0 Å². The van der Waals surface area contributed by atoms with Crippen LogP contribution in [0.3, 0.4) is 0 Å². The quantitative estimate of drug-likeness (QED) is 0.875. The second kappa shape index (κ2) is 5.19. The van der Waals surface area contributed by atoms with Crippen molar-refractivity contribution in [1.82, 2.24) is 9.88 Å². The molecule has 1 aromatic carbocycles. The number of nitrogens with one attached hydrogen (secondary N) is 1. The van der Waals surface area contributed by atoms with Gasteiger partial charge in [-0.1, -0.05) is 0 Å². The number of hydrogen-bond acceptors (Lipinski definition) is 2. The van der Waals surface area contributed by atoms with Gasteiger partial charge in [0.1, 0.15) is 0 Å². The molecule has 0 spiro atoms. The van der Waals surface area contributed by atoms with Gasteiger partial charge in [0.25, 0.3) is 5.91 Å². The summed E-state index contributed by atoms with van der Waals surface area (Å²) < 4.78 is 5.90. The molecule has 0 radical (unpaired) electrons. The van der Waals surface area contributed by atoms with Crippen molar-refractivity contribution in [3.63, 3.8) is 0 Å². The predicted octanol–water partition coefficient (Wildman–Crippen LogP) is 2.95. The van der Waals surface area contributed by atoms with Crippen molar-refractivity contribution < 1.29 is 9.53 Å². The average molecular weight is 284 g/mol. The SMILES string of the molecule is O=C(c1ccc2[nH]ccc2c1)N1CCCO[C@@H]2CCC[C@H]21. The van der Waals surface area contributed by atoms with E-state index < -0.39 is 0 Å². The highest BCUT2D eigenvalue weighted by Crippen LogP contribution is 2.30. The van der Waals surface area contributed by atoms with E-state index in [4.69, 9.17) is 4.74 Å². The topological polar surface area (TPSA) is 45.3 Å². The van der Waals surface area contributed by atoms with Crippen LogP contribution in [0.2, 0.25) is 0 Å². The zero-order chi connectivity index (χ0) is 14.2. The maximum Gasteiger partial charge on any atom is 0.254 e. The fraction of sp³-hybridized carbons (Fsp3) is 0.471. The predicted molar refractivity (Wildman–Crippen MR) is 81.3 cm³/mol. The number of ether oxygens (including phenoxy) is 1. The van der Waals surface area contributed by atoms with Crippen molar-refractivity contribution in [3.05, 3.63) is 36.0 Å². The van der Waals surface area contributed by atoms with Gasteiger partial charge in [0.15, 0.2) is 0 Å². The van der Waals surface area contributed by atoms with Crippen LogP contribution in [0.4, 0.5) is 0 Å². The fourth-order valence-corrected chi connectivity index (χ4v) is 3.70. The minimum absolute atomic E-state index is 0.153. The number of fused-ring (bicyclic) bond motifs is 2. The largest absolute Gasteiger partial charge is 0.376 e. The Kier molecular flexibility index (Phi) is 3.19. The number of aromatic amines is 1. The van der Waals surface area contributed by atoms with Gasteiger partial charge in [0.05, 0.1) is 12.1 Å². The highest BCUT2D eigenvalue weighted by molar-refractivity contribution is 5.98. The molecule has 1 aromatic heterocycles. The summed E-state index contributed by atoms with van der Waals surface area (Å²) in [6.07, 6.45) is 6.41. The summed E-state index contributed by atoms with van der Waals surface area (Å²) >= 11 is 0. The lowest BCUT2D eigenvalue weighted by atomic mass is 10.1. The van der Waals surface area contributed by atoms with E-state index >= 15 is 0 Å². The number of amides is 1. The number of carbonyl (C=O) groups is 1. The van der Waals surface area contributed by atoms with Crippen LogP contribution in [0, 0.1) is 0 Å². The molecule has 1 aliphatic heterocycles. The number of nitrogens with zero attached hydrogens (tertiary/aromatic N) is 1. The molecule has 2 fully saturated rings. The highest BCUT2D eigenvalue weighted by Gasteiger charge is 2.37. The smallest absolute Gasteiger partial charge is 0.254 e. The first kappa shape index (κ1) is 12.9. The molecule has 1 N–H and O–H groups in total. The Hall–Kier alpha value is -1.81. The van der Waals surface area contributed by atoms with E-state index in [-0.39, 0.29) is 18.1 Å². The Balaban J connectivity index is 1.65. The third kappa shape index (κ3) is 2.23.